The van der Waals surface area contributed by atoms with Crippen molar-refractivity contribution in [3.8, 4) is 5.75 Å². The van der Waals surface area contributed by atoms with Crippen LogP contribution in [0, 0.1) is 0 Å². The van der Waals surface area contributed by atoms with E-state index in [1.54, 1.807) is 12.1 Å². The molecule has 0 atom stereocenters. The molecule has 1 heterocycles. The van der Waals surface area contributed by atoms with Crippen LogP contribution in [0.2, 0.25) is 0 Å². The van der Waals surface area contributed by atoms with Crippen LogP contribution in [0.3, 0.4) is 0 Å². The minimum Gasteiger partial charge on any atom is -0.489 e. The van der Waals surface area contributed by atoms with E-state index in [1.165, 1.54) is 0 Å². The third kappa shape index (κ3) is 2.20. The monoisotopic (exact) mass is 236 g/mol. The van der Waals surface area contributed by atoms with E-state index in [0.717, 1.165) is 10.9 Å². The third-order valence-electron chi connectivity index (χ3n) is 2.61. The lowest BCUT2D eigenvalue weighted by Crippen LogP contribution is -2.05. The Morgan fingerprint density at radius 1 is 1.18 bits per heavy atom. The van der Waals surface area contributed by atoms with Gasteiger partial charge in [0.2, 0.25) is 0 Å². The number of ether oxygens (including phenoxy) is 1. The lowest BCUT2D eigenvalue weighted by Gasteiger charge is -2.10. The second-order valence-electron chi connectivity index (χ2n) is 3.72. The summed E-state index contributed by atoms with van der Waals surface area (Å²) in [5.41, 5.74) is 7.41. The van der Waals surface area contributed by atoms with Crippen LogP contribution in [0.25, 0.3) is 10.9 Å². The van der Waals surface area contributed by atoms with E-state index < -0.39 is 0 Å². The van der Waals surface area contributed by atoms with Gasteiger partial charge in [-0.2, -0.15) is 0 Å². The van der Waals surface area contributed by atoms with Gasteiger partial charge in [-0.3, -0.25) is 0 Å². The maximum absolute atomic E-state index is 9.00. The van der Waals surface area contributed by atoms with Crippen LogP contribution in [0.15, 0.2) is 24.4 Å². The second kappa shape index (κ2) is 5.07. The van der Waals surface area contributed by atoms with Crippen molar-refractivity contribution in [1.82, 2.24) is 4.57 Å². The summed E-state index contributed by atoms with van der Waals surface area (Å²) in [5, 5.41) is 18.7. The van der Waals surface area contributed by atoms with Crippen molar-refractivity contribution in [3.63, 3.8) is 0 Å². The number of benzene rings is 1. The van der Waals surface area contributed by atoms with Gasteiger partial charge in [-0.25, -0.2) is 0 Å². The first-order valence-corrected chi connectivity index (χ1v) is 5.49. The van der Waals surface area contributed by atoms with E-state index in [-0.39, 0.29) is 19.8 Å². The molecule has 0 fully saturated rings. The van der Waals surface area contributed by atoms with Gasteiger partial charge in [0.15, 0.2) is 0 Å². The summed E-state index contributed by atoms with van der Waals surface area (Å²) in [7, 11) is 0. The van der Waals surface area contributed by atoms with Gasteiger partial charge in [-0.05, 0) is 18.2 Å². The van der Waals surface area contributed by atoms with Gasteiger partial charge in [-0.15, -0.1) is 0 Å². The molecule has 0 bridgehead atoms. The second-order valence-corrected chi connectivity index (χ2v) is 3.72. The number of aliphatic hydroxyl groups is 2. The number of rotatable bonds is 5. The molecule has 0 amide bonds. The molecule has 17 heavy (non-hydrogen) atoms. The average molecular weight is 236 g/mol. The number of hydrogen-bond acceptors (Lipinski definition) is 4. The zero-order chi connectivity index (χ0) is 12.3. The molecule has 5 nitrogen and oxygen atoms in total. The maximum Gasteiger partial charge on any atom is 0.143 e. The van der Waals surface area contributed by atoms with Crippen LogP contribution >= 0.6 is 0 Å². The smallest absolute Gasteiger partial charge is 0.143 e. The van der Waals surface area contributed by atoms with Gasteiger partial charge < -0.3 is 25.3 Å². The van der Waals surface area contributed by atoms with Crippen molar-refractivity contribution >= 4 is 16.6 Å². The van der Waals surface area contributed by atoms with Crippen LogP contribution in [0.5, 0.6) is 5.75 Å². The number of nitrogens with two attached hydrogens (primary N) is 1. The van der Waals surface area contributed by atoms with Crippen molar-refractivity contribution in [2.75, 3.05) is 25.6 Å². The minimum absolute atomic E-state index is 0.0351. The number of fused-ring (bicyclic) bond motifs is 1. The quantitative estimate of drug-likeness (QED) is 0.664. The molecule has 0 aliphatic carbocycles. The minimum atomic E-state index is -0.0351. The molecule has 2 aromatic rings. The predicted molar refractivity (Wildman–Crippen MR) is 66.0 cm³/mol. The van der Waals surface area contributed by atoms with Crippen LogP contribution in [-0.2, 0) is 6.54 Å². The Morgan fingerprint density at radius 2 is 2.00 bits per heavy atom. The highest BCUT2D eigenvalue weighted by molar-refractivity contribution is 5.95. The maximum atomic E-state index is 9.00. The van der Waals surface area contributed by atoms with Gasteiger partial charge >= 0.3 is 0 Å². The first-order chi connectivity index (χ1) is 8.27. The van der Waals surface area contributed by atoms with Crippen molar-refractivity contribution in [1.29, 1.82) is 0 Å². The summed E-state index contributed by atoms with van der Waals surface area (Å²) >= 11 is 0. The Labute approximate surface area is 99.0 Å². The summed E-state index contributed by atoms with van der Waals surface area (Å²) < 4.78 is 7.35. The average Bonchev–Trinajstić information content (AvgIpc) is 2.74. The van der Waals surface area contributed by atoms with Gasteiger partial charge in [0.1, 0.15) is 12.4 Å². The van der Waals surface area contributed by atoms with Crippen molar-refractivity contribution < 1.29 is 14.9 Å². The van der Waals surface area contributed by atoms with Crippen molar-refractivity contribution in [2.24, 2.45) is 0 Å². The largest absolute Gasteiger partial charge is 0.489 e. The molecule has 0 spiro atoms. The van der Waals surface area contributed by atoms with Crippen molar-refractivity contribution in [3.05, 3.63) is 24.4 Å². The predicted octanol–water partition coefficient (Wildman–Crippen LogP) is 0.587. The molecule has 0 unspecified atom stereocenters. The summed E-state index contributed by atoms with van der Waals surface area (Å²) in [6.45, 7) is 0.746. The van der Waals surface area contributed by atoms with Crippen LogP contribution in [0.1, 0.15) is 0 Å². The van der Waals surface area contributed by atoms with E-state index in [4.69, 9.17) is 20.7 Å². The summed E-state index contributed by atoms with van der Waals surface area (Å²) in [6.07, 6.45) is 1.86. The van der Waals surface area contributed by atoms with Gasteiger partial charge in [0.25, 0.3) is 0 Å². The molecule has 1 aromatic carbocycles. The zero-order valence-corrected chi connectivity index (χ0v) is 9.47. The zero-order valence-electron chi connectivity index (χ0n) is 9.47. The Hall–Kier alpha value is -1.72. The summed E-state index contributed by atoms with van der Waals surface area (Å²) in [6, 6.07) is 5.45. The Bertz CT molecular complexity index is 508. The molecule has 2 rings (SSSR count). The van der Waals surface area contributed by atoms with Gasteiger partial charge in [-0.1, -0.05) is 0 Å². The Morgan fingerprint density at radius 3 is 2.71 bits per heavy atom. The topological polar surface area (TPSA) is 80.6 Å². The molecule has 0 aliphatic rings. The molecule has 92 valence electrons. The molecule has 1 aromatic heterocycles. The van der Waals surface area contributed by atoms with Crippen LogP contribution < -0.4 is 10.5 Å². The molecule has 0 saturated heterocycles. The summed E-state index contributed by atoms with van der Waals surface area (Å²) in [4.78, 5) is 0. The fraction of sp³-hybridized carbons (Fsp3) is 0.333. The first kappa shape index (κ1) is 11.8. The highest BCUT2D eigenvalue weighted by Crippen LogP contribution is 2.31. The number of anilines is 1. The van der Waals surface area contributed by atoms with Crippen LogP contribution in [0.4, 0.5) is 5.69 Å². The van der Waals surface area contributed by atoms with Gasteiger partial charge in [0.05, 0.1) is 18.7 Å². The molecule has 0 aliphatic heterocycles. The van der Waals surface area contributed by atoms with E-state index in [1.807, 2.05) is 16.8 Å². The number of hydrogen-bond donors (Lipinski definition) is 3. The number of aromatic nitrogens is 1. The lowest BCUT2D eigenvalue weighted by atomic mass is 10.2. The molecule has 5 heteroatoms. The fourth-order valence-electron chi connectivity index (χ4n) is 1.88. The third-order valence-corrected chi connectivity index (χ3v) is 2.61. The Balaban J connectivity index is 2.50. The van der Waals surface area contributed by atoms with E-state index in [9.17, 15) is 0 Å². The number of nitrogen functional groups attached to an aromatic ring is 1. The molecule has 0 radical (unpaired) electrons. The number of aliphatic hydroxyl groups excluding tert-OH is 2. The molecule has 4 N–H and O–H groups in total. The normalized spacial score (nSPS) is 10.9. The van der Waals surface area contributed by atoms with Gasteiger partial charge in [0, 0.05) is 23.8 Å². The Kier molecular flexibility index (Phi) is 3.51. The van der Waals surface area contributed by atoms with E-state index in [0.29, 0.717) is 18.0 Å². The fourth-order valence-corrected chi connectivity index (χ4v) is 1.88. The lowest BCUT2D eigenvalue weighted by molar-refractivity contribution is 0.202. The van der Waals surface area contributed by atoms with E-state index >= 15 is 0 Å². The number of nitrogens with zero attached hydrogens (tertiary/aromatic N) is 1. The molecular weight excluding hydrogens is 220 g/mol. The highest BCUT2D eigenvalue weighted by Gasteiger charge is 2.10. The summed E-state index contributed by atoms with van der Waals surface area (Å²) in [5.74, 6) is 0.668. The highest BCUT2D eigenvalue weighted by atomic mass is 16.5. The molecular formula is C12H16N2O3. The van der Waals surface area contributed by atoms with Crippen molar-refractivity contribution in [2.45, 2.75) is 6.54 Å². The first-order valence-electron chi connectivity index (χ1n) is 5.49. The molecule has 0 saturated carbocycles. The standard InChI is InChI=1S/C12H16N2O3/c13-10-1-2-11(17-8-7-16)12-9(10)3-4-14(12)5-6-15/h1-4,15-16H,5-8,13H2. The van der Waals surface area contributed by atoms with E-state index in [2.05, 4.69) is 0 Å². The SMILES string of the molecule is Nc1ccc(OCCO)c2c1ccn2CCO. The van der Waals surface area contributed by atoms with Crippen LogP contribution in [-0.4, -0.2) is 34.6 Å².